The smallest absolute Gasteiger partial charge is 0.275 e. The zero-order valence-electron chi connectivity index (χ0n) is 11.2. The molecular weight excluding hydrogens is 246 g/mol. The highest BCUT2D eigenvalue weighted by Gasteiger charge is 2.26. The molecule has 0 aromatic carbocycles. The number of nitrogens with two attached hydrogens (primary N) is 1. The fourth-order valence-corrected chi connectivity index (χ4v) is 3.42. The molecule has 0 spiro atoms. The SMILES string of the molecule is Cc1sc(C(=O)NN)cc1CN1CC(C)C(C)C1. The van der Waals surface area contributed by atoms with Crippen molar-refractivity contribution < 1.29 is 4.79 Å². The summed E-state index contributed by atoms with van der Waals surface area (Å²) in [5.41, 5.74) is 3.44. The van der Waals surface area contributed by atoms with Crippen LogP contribution in [0.4, 0.5) is 0 Å². The predicted octanol–water partition coefficient (Wildman–Crippen LogP) is 1.75. The monoisotopic (exact) mass is 267 g/mol. The largest absolute Gasteiger partial charge is 0.298 e. The van der Waals surface area contributed by atoms with Gasteiger partial charge >= 0.3 is 0 Å². The van der Waals surface area contributed by atoms with Gasteiger partial charge in [0.05, 0.1) is 4.88 Å². The number of likely N-dealkylation sites (tertiary alicyclic amines) is 1. The van der Waals surface area contributed by atoms with E-state index in [0.717, 1.165) is 31.5 Å². The van der Waals surface area contributed by atoms with Crippen molar-refractivity contribution in [2.75, 3.05) is 13.1 Å². The Bertz CT molecular complexity index is 433. The Morgan fingerprint density at radius 2 is 2.11 bits per heavy atom. The van der Waals surface area contributed by atoms with Crippen LogP contribution in [-0.4, -0.2) is 23.9 Å². The summed E-state index contributed by atoms with van der Waals surface area (Å²) in [4.78, 5) is 15.9. The van der Waals surface area contributed by atoms with E-state index in [9.17, 15) is 4.79 Å². The van der Waals surface area contributed by atoms with Crippen LogP contribution in [0.5, 0.6) is 0 Å². The molecule has 18 heavy (non-hydrogen) atoms. The van der Waals surface area contributed by atoms with E-state index in [1.165, 1.54) is 21.8 Å². The van der Waals surface area contributed by atoms with Crippen LogP contribution in [0.2, 0.25) is 0 Å². The Morgan fingerprint density at radius 1 is 1.50 bits per heavy atom. The first-order chi connectivity index (χ1) is 8.51. The van der Waals surface area contributed by atoms with E-state index in [0.29, 0.717) is 4.88 Å². The molecule has 2 rings (SSSR count). The van der Waals surface area contributed by atoms with E-state index < -0.39 is 0 Å². The molecule has 1 amide bonds. The Morgan fingerprint density at radius 3 is 2.67 bits per heavy atom. The summed E-state index contributed by atoms with van der Waals surface area (Å²) in [6.07, 6.45) is 0. The molecule has 0 radical (unpaired) electrons. The average Bonchev–Trinajstić information content (AvgIpc) is 2.83. The van der Waals surface area contributed by atoms with Gasteiger partial charge in [-0.1, -0.05) is 13.8 Å². The highest BCUT2D eigenvalue weighted by atomic mass is 32.1. The number of aryl methyl sites for hydroxylation is 1. The number of carbonyl (C=O) groups excluding carboxylic acids is 1. The molecule has 1 fully saturated rings. The molecule has 1 aliphatic heterocycles. The van der Waals surface area contributed by atoms with Crippen LogP contribution in [0.3, 0.4) is 0 Å². The summed E-state index contributed by atoms with van der Waals surface area (Å²) in [7, 11) is 0. The second-order valence-corrected chi connectivity index (χ2v) is 6.57. The Labute approximate surface area is 112 Å². The van der Waals surface area contributed by atoms with Crippen molar-refractivity contribution in [3.05, 3.63) is 21.4 Å². The van der Waals surface area contributed by atoms with E-state index in [2.05, 4.69) is 31.1 Å². The minimum Gasteiger partial charge on any atom is -0.298 e. The van der Waals surface area contributed by atoms with Crippen LogP contribution in [0.25, 0.3) is 0 Å². The highest BCUT2D eigenvalue weighted by molar-refractivity contribution is 7.14. The summed E-state index contributed by atoms with van der Waals surface area (Å²) >= 11 is 1.51. The van der Waals surface area contributed by atoms with Gasteiger partial charge in [-0.15, -0.1) is 11.3 Å². The van der Waals surface area contributed by atoms with Gasteiger partial charge in [-0.25, -0.2) is 5.84 Å². The molecule has 100 valence electrons. The van der Waals surface area contributed by atoms with E-state index in [4.69, 9.17) is 5.84 Å². The number of nitrogens with one attached hydrogen (secondary N) is 1. The van der Waals surface area contributed by atoms with Gasteiger partial charge in [-0.05, 0) is 30.4 Å². The molecule has 1 saturated heterocycles. The fraction of sp³-hybridized carbons (Fsp3) is 0.615. The summed E-state index contributed by atoms with van der Waals surface area (Å²) in [6, 6.07) is 1.97. The van der Waals surface area contributed by atoms with Crippen LogP contribution >= 0.6 is 11.3 Å². The van der Waals surface area contributed by atoms with Crippen molar-refractivity contribution >= 4 is 17.2 Å². The number of hydrogen-bond acceptors (Lipinski definition) is 4. The number of nitrogen functional groups attached to an aromatic ring is 1. The molecule has 5 heteroatoms. The molecule has 2 heterocycles. The molecule has 1 aromatic rings. The average molecular weight is 267 g/mol. The number of amides is 1. The first-order valence-electron chi connectivity index (χ1n) is 6.34. The molecule has 0 aliphatic carbocycles. The first kappa shape index (κ1) is 13.5. The second kappa shape index (κ2) is 5.38. The van der Waals surface area contributed by atoms with Crippen molar-refractivity contribution in [2.24, 2.45) is 17.7 Å². The van der Waals surface area contributed by atoms with Gasteiger partial charge in [0.1, 0.15) is 0 Å². The summed E-state index contributed by atoms with van der Waals surface area (Å²) in [6.45, 7) is 9.91. The number of carbonyl (C=O) groups is 1. The van der Waals surface area contributed by atoms with Crippen LogP contribution in [0.15, 0.2) is 6.07 Å². The minimum absolute atomic E-state index is 0.197. The molecule has 4 nitrogen and oxygen atoms in total. The van der Waals surface area contributed by atoms with E-state index in [-0.39, 0.29) is 5.91 Å². The van der Waals surface area contributed by atoms with Gasteiger partial charge in [0.15, 0.2) is 0 Å². The maximum atomic E-state index is 11.5. The van der Waals surface area contributed by atoms with Crippen molar-refractivity contribution in [3.63, 3.8) is 0 Å². The summed E-state index contributed by atoms with van der Waals surface area (Å²) in [5.74, 6) is 6.48. The molecule has 0 saturated carbocycles. The molecule has 2 unspecified atom stereocenters. The van der Waals surface area contributed by atoms with Gasteiger partial charge in [0, 0.05) is 24.5 Å². The van der Waals surface area contributed by atoms with Crippen LogP contribution in [0, 0.1) is 18.8 Å². The lowest BCUT2D eigenvalue weighted by molar-refractivity contribution is 0.0957. The van der Waals surface area contributed by atoms with Crippen LogP contribution < -0.4 is 11.3 Å². The number of hydrogen-bond donors (Lipinski definition) is 2. The van der Waals surface area contributed by atoms with Crippen LogP contribution in [0.1, 0.15) is 34.0 Å². The Hall–Kier alpha value is -0.910. The third-order valence-corrected chi connectivity index (χ3v) is 4.92. The maximum absolute atomic E-state index is 11.5. The summed E-state index contributed by atoms with van der Waals surface area (Å²) in [5, 5.41) is 0. The lowest BCUT2D eigenvalue weighted by atomic mass is 10.0. The van der Waals surface area contributed by atoms with Crippen molar-refractivity contribution in [2.45, 2.75) is 27.3 Å². The quantitative estimate of drug-likeness (QED) is 0.498. The Balaban J connectivity index is 2.06. The fourth-order valence-electron chi connectivity index (χ4n) is 2.48. The van der Waals surface area contributed by atoms with Gasteiger partial charge in [0.2, 0.25) is 0 Å². The lowest BCUT2D eigenvalue weighted by Crippen LogP contribution is -2.29. The van der Waals surface area contributed by atoms with Crippen LogP contribution in [-0.2, 0) is 6.54 Å². The highest BCUT2D eigenvalue weighted by Crippen LogP contribution is 2.27. The van der Waals surface area contributed by atoms with E-state index in [1.54, 1.807) is 0 Å². The zero-order valence-corrected chi connectivity index (χ0v) is 12.0. The Kier molecular flexibility index (Phi) is 4.04. The normalized spacial score (nSPS) is 24.4. The van der Waals surface area contributed by atoms with E-state index >= 15 is 0 Å². The predicted molar refractivity (Wildman–Crippen MR) is 74.3 cm³/mol. The lowest BCUT2D eigenvalue weighted by Gasteiger charge is -2.14. The third-order valence-electron chi connectivity index (χ3n) is 3.83. The number of rotatable bonds is 3. The van der Waals surface area contributed by atoms with Gasteiger partial charge < -0.3 is 0 Å². The molecule has 2 atom stereocenters. The topological polar surface area (TPSA) is 58.4 Å². The van der Waals surface area contributed by atoms with Gasteiger partial charge in [-0.3, -0.25) is 15.1 Å². The minimum atomic E-state index is -0.197. The standard InChI is InChI=1S/C13H21N3OS/c1-8-5-16(6-9(8)2)7-11-4-12(13(17)15-14)18-10(11)3/h4,8-9H,5-7,14H2,1-3H3,(H,15,17). The molecular formula is C13H21N3OS. The summed E-state index contributed by atoms with van der Waals surface area (Å²) < 4.78 is 0. The molecule has 3 N–H and O–H groups in total. The molecule has 1 aliphatic rings. The van der Waals surface area contributed by atoms with Gasteiger partial charge in [-0.2, -0.15) is 0 Å². The third kappa shape index (κ3) is 2.74. The molecule has 0 bridgehead atoms. The second-order valence-electron chi connectivity index (χ2n) is 5.31. The number of thiophene rings is 1. The van der Waals surface area contributed by atoms with E-state index in [1.807, 2.05) is 6.07 Å². The van der Waals surface area contributed by atoms with Crippen molar-refractivity contribution in [1.29, 1.82) is 0 Å². The maximum Gasteiger partial charge on any atom is 0.275 e. The number of hydrazine groups is 1. The first-order valence-corrected chi connectivity index (χ1v) is 7.15. The van der Waals surface area contributed by atoms with Crippen molar-refractivity contribution in [1.82, 2.24) is 10.3 Å². The van der Waals surface area contributed by atoms with Gasteiger partial charge in [0.25, 0.3) is 5.91 Å². The zero-order chi connectivity index (χ0) is 13.3. The number of nitrogens with zero attached hydrogens (tertiary/aromatic N) is 1. The van der Waals surface area contributed by atoms with Crippen molar-refractivity contribution in [3.8, 4) is 0 Å². The molecule has 1 aromatic heterocycles.